The van der Waals surface area contributed by atoms with Crippen LogP contribution in [0.1, 0.15) is 18.4 Å². The lowest BCUT2D eigenvalue weighted by Gasteiger charge is -2.32. The molecule has 0 unspecified atom stereocenters. The average molecular weight is 432 g/mol. The summed E-state index contributed by atoms with van der Waals surface area (Å²) in [6, 6.07) is 6.35. The van der Waals surface area contributed by atoms with Crippen LogP contribution in [0.4, 0.5) is 0 Å². The van der Waals surface area contributed by atoms with Crippen molar-refractivity contribution in [3.05, 3.63) is 33.3 Å². The van der Waals surface area contributed by atoms with Crippen LogP contribution < -0.4 is 10.6 Å². The fourth-order valence-electron chi connectivity index (χ4n) is 2.96. The number of hydrogen-bond acceptors (Lipinski definition) is 3. The summed E-state index contributed by atoms with van der Waals surface area (Å²) in [4.78, 5) is 6.80. The summed E-state index contributed by atoms with van der Waals surface area (Å²) >= 11 is 9.64. The third-order valence-electron chi connectivity index (χ3n) is 4.46. The van der Waals surface area contributed by atoms with Crippen LogP contribution in [-0.4, -0.2) is 63.8 Å². The van der Waals surface area contributed by atoms with Crippen LogP contribution in [0.15, 0.2) is 27.7 Å². The maximum atomic E-state index is 6.07. The van der Waals surface area contributed by atoms with Gasteiger partial charge in [-0.25, -0.2) is 0 Å². The van der Waals surface area contributed by atoms with Gasteiger partial charge in [-0.05, 0) is 43.0 Å². The number of likely N-dealkylation sites (tertiary alicyclic amines) is 1. The van der Waals surface area contributed by atoms with Crippen LogP contribution >= 0.6 is 27.5 Å². The Balaban J connectivity index is 1.71. The van der Waals surface area contributed by atoms with Crippen molar-refractivity contribution in [3.63, 3.8) is 0 Å². The van der Waals surface area contributed by atoms with Gasteiger partial charge in [-0.1, -0.05) is 27.5 Å². The van der Waals surface area contributed by atoms with Gasteiger partial charge in [0.15, 0.2) is 5.96 Å². The van der Waals surface area contributed by atoms with E-state index in [0.29, 0.717) is 6.04 Å². The summed E-state index contributed by atoms with van der Waals surface area (Å²) in [5.41, 5.74) is 1.20. The zero-order chi connectivity index (χ0) is 18.1. The van der Waals surface area contributed by atoms with Crippen molar-refractivity contribution in [1.29, 1.82) is 0 Å². The lowest BCUT2D eigenvalue weighted by molar-refractivity contribution is 0.128. The van der Waals surface area contributed by atoms with E-state index < -0.39 is 0 Å². The predicted octanol–water partition coefficient (Wildman–Crippen LogP) is 2.92. The Hall–Kier alpha value is -0.820. The molecule has 1 aliphatic heterocycles. The van der Waals surface area contributed by atoms with Crippen LogP contribution in [0, 0.1) is 0 Å². The van der Waals surface area contributed by atoms with Crippen LogP contribution in [0.3, 0.4) is 0 Å². The van der Waals surface area contributed by atoms with E-state index in [1.54, 1.807) is 7.11 Å². The molecule has 1 aliphatic rings. The fraction of sp³-hybridized carbons (Fsp3) is 0.611. The van der Waals surface area contributed by atoms with Gasteiger partial charge in [-0.2, -0.15) is 0 Å². The van der Waals surface area contributed by atoms with Gasteiger partial charge in [0, 0.05) is 55.9 Å². The second-order valence-electron chi connectivity index (χ2n) is 6.24. The number of piperidine rings is 1. The van der Waals surface area contributed by atoms with Crippen LogP contribution in [-0.2, 0) is 11.2 Å². The summed E-state index contributed by atoms with van der Waals surface area (Å²) in [6.07, 6.45) is 3.14. The number of hydrogen-bond donors (Lipinski definition) is 2. The summed E-state index contributed by atoms with van der Waals surface area (Å²) in [5, 5.41) is 7.70. The molecule has 7 heteroatoms. The van der Waals surface area contributed by atoms with Crippen molar-refractivity contribution in [2.45, 2.75) is 25.3 Å². The van der Waals surface area contributed by atoms with Gasteiger partial charge in [0.1, 0.15) is 0 Å². The zero-order valence-electron chi connectivity index (χ0n) is 15.0. The minimum absolute atomic E-state index is 0.475. The molecule has 0 amide bonds. The molecular formula is C18H28BrClN4O. The number of benzene rings is 1. The molecule has 2 N–H and O–H groups in total. The Morgan fingerprint density at radius 3 is 2.84 bits per heavy atom. The predicted molar refractivity (Wildman–Crippen MR) is 109 cm³/mol. The topological polar surface area (TPSA) is 48.9 Å². The maximum absolute atomic E-state index is 6.07. The van der Waals surface area contributed by atoms with Crippen molar-refractivity contribution in [2.75, 3.05) is 46.9 Å². The number of halogens is 2. The Labute approximate surface area is 164 Å². The second kappa shape index (κ2) is 11.0. The van der Waals surface area contributed by atoms with Crippen molar-refractivity contribution in [3.8, 4) is 0 Å². The zero-order valence-corrected chi connectivity index (χ0v) is 17.4. The molecule has 1 aromatic rings. The van der Waals surface area contributed by atoms with E-state index in [1.807, 2.05) is 25.2 Å². The Morgan fingerprint density at radius 2 is 2.16 bits per heavy atom. The van der Waals surface area contributed by atoms with Gasteiger partial charge in [0.2, 0.25) is 0 Å². The molecule has 0 spiro atoms. The first-order valence-corrected chi connectivity index (χ1v) is 9.92. The Kier molecular flexibility index (Phi) is 9.03. The first-order valence-electron chi connectivity index (χ1n) is 8.74. The first-order chi connectivity index (χ1) is 12.1. The van der Waals surface area contributed by atoms with Crippen LogP contribution in [0.25, 0.3) is 0 Å². The lowest BCUT2D eigenvalue weighted by Crippen LogP contribution is -2.49. The highest BCUT2D eigenvalue weighted by atomic mass is 79.9. The van der Waals surface area contributed by atoms with E-state index in [2.05, 4.69) is 36.5 Å². The monoisotopic (exact) mass is 430 g/mol. The minimum Gasteiger partial charge on any atom is -0.383 e. The Bertz CT molecular complexity index is 562. The quantitative estimate of drug-likeness (QED) is 0.515. The molecule has 0 aliphatic carbocycles. The summed E-state index contributed by atoms with van der Waals surface area (Å²) in [6.45, 7) is 4.84. The van der Waals surface area contributed by atoms with E-state index in [4.69, 9.17) is 16.3 Å². The molecule has 0 bridgehead atoms. The lowest BCUT2D eigenvalue weighted by atomic mass is 10.1. The molecule has 0 atom stereocenters. The van der Waals surface area contributed by atoms with Gasteiger partial charge in [-0.15, -0.1) is 0 Å². The highest BCUT2D eigenvalue weighted by molar-refractivity contribution is 9.10. The molecule has 0 radical (unpaired) electrons. The van der Waals surface area contributed by atoms with E-state index >= 15 is 0 Å². The normalized spacial score (nSPS) is 16.9. The molecule has 0 aromatic heterocycles. The fourth-order valence-corrected chi connectivity index (χ4v) is 3.60. The number of rotatable bonds is 7. The molecule has 0 saturated carbocycles. The molecule has 1 saturated heterocycles. The minimum atomic E-state index is 0.475. The molecule has 25 heavy (non-hydrogen) atoms. The van der Waals surface area contributed by atoms with E-state index in [9.17, 15) is 0 Å². The number of guanidine groups is 1. The first kappa shape index (κ1) is 20.5. The highest BCUT2D eigenvalue weighted by Crippen LogP contribution is 2.21. The third-order valence-corrected chi connectivity index (χ3v) is 5.47. The van der Waals surface area contributed by atoms with E-state index in [-0.39, 0.29) is 0 Å². The molecule has 140 valence electrons. The second-order valence-corrected chi connectivity index (χ2v) is 7.53. The number of nitrogens with one attached hydrogen (secondary N) is 2. The SMILES string of the molecule is CN=C(NCCc1cc(Cl)ccc1Br)NC1CCN(CCOC)CC1. The molecule has 2 rings (SSSR count). The standard InChI is InChI=1S/C18H28BrClN4O/c1-21-18(22-8-5-14-13-15(20)3-4-17(14)19)23-16-6-9-24(10-7-16)11-12-25-2/h3-4,13,16H,5-12H2,1-2H3,(H2,21,22,23). The van der Waals surface area contributed by atoms with Gasteiger partial charge in [0.05, 0.1) is 6.61 Å². The highest BCUT2D eigenvalue weighted by Gasteiger charge is 2.19. The van der Waals surface area contributed by atoms with Gasteiger partial charge < -0.3 is 20.3 Å². The van der Waals surface area contributed by atoms with Crippen LogP contribution in [0.2, 0.25) is 5.02 Å². The van der Waals surface area contributed by atoms with Gasteiger partial charge in [0.25, 0.3) is 0 Å². The molecular weight excluding hydrogens is 404 g/mol. The van der Waals surface area contributed by atoms with Crippen LogP contribution in [0.5, 0.6) is 0 Å². The Morgan fingerprint density at radius 1 is 1.40 bits per heavy atom. The summed E-state index contributed by atoms with van der Waals surface area (Å²) in [7, 11) is 3.57. The third kappa shape index (κ3) is 7.13. The molecule has 1 aromatic carbocycles. The summed E-state index contributed by atoms with van der Waals surface area (Å²) in [5.74, 6) is 0.869. The van der Waals surface area contributed by atoms with Gasteiger partial charge in [-0.3, -0.25) is 4.99 Å². The van der Waals surface area contributed by atoms with Crippen molar-refractivity contribution >= 4 is 33.5 Å². The molecule has 1 fully saturated rings. The number of aliphatic imine (C=N–C) groups is 1. The molecule has 5 nitrogen and oxygen atoms in total. The number of ether oxygens (including phenoxy) is 1. The molecule has 1 heterocycles. The summed E-state index contributed by atoms with van der Waals surface area (Å²) < 4.78 is 6.24. The number of methoxy groups -OCH3 is 1. The van der Waals surface area contributed by atoms with Crippen molar-refractivity contribution in [2.24, 2.45) is 4.99 Å². The maximum Gasteiger partial charge on any atom is 0.191 e. The smallest absolute Gasteiger partial charge is 0.191 e. The van der Waals surface area contributed by atoms with E-state index in [1.165, 1.54) is 5.56 Å². The average Bonchev–Trinajstić information content (AvgIpc) is 2.63. The van der Waals surface area contributed by atoms with E-state index in [0.717, 1.165) is 67.5 Å². The number of nitrogens with zero attached hydrogens (tertiary/aromatic N) is 2. The van der Waals surface area contributed by atoms with Gasteiger partial charge >= 0.3 is 0 Å². The van der Waals surface area contributed by atoms with Crippen molar-refractivity contribution < 1.29 is 4.74 Å². The van der Waals surface area contributed by atoms with Crippen molar-refractivity contribution in [1.82, 2.24) is 15.5 Å². The largest absolute Gasteiger partial charge is 0.383 e.